The van der Waals surface area contributed by atoms with Gasteiger partial charge in [0.1, 0.15) is 11.5 Å². The van der Waals surface area contributed by atoms with E-state index in [0.29, 0.717) is 35.6 Å². The number of rotatable bonds is 7. The van der Waals surface area contributed by atoms with Gasteiger partial charge in [-0.25, -0.2) is 0 Å². The van der Waals surface area contributed by atoms with E-state index >= 15 is 0 Å². The van der Waals surface area contributed by atoms with Gasteiger partial charge in [0.2, 0.25) is 0 Å². The van der Waals surface area contributed by atoms with Gasteiger partial charge < -0.3 is 14.8 Å². The van der Waals surface area contributed by atoms with Crippen LogP contribution < -0.4 is 14.8 Å². The predicted octanol–water partition coefficient (Wildman–Crippen LogP) is 4.55. The van der Waals surface area contributed by atoms with Crippen LogP contribution in [0.3, 0.4) is 0 Å². The minimum Gasteiger partial charge on any atom is -0.496 e. The first-order chi connectivity index (χ1) is 13.2. The molecule has 3 rings (SSSR count). The third-order valence-electron chi connectivity index (χ3n) is 3.89. The number of para-hydroxylation sites is 1. The van der Waals surface area contributed by atoms with Crippen LogP contribution in [0.25, 0.3) is 0 Å². The Bertz CT molecular complexity index is 904. The second-order valence-electron chi connectivity index (χ2n) is 5.78. The molecule has 0 aliphatic rings. The highest BCUT2D eigenvalue weighted by Crippen LogP contribution is 2.21. The van der Waals surface area contributed by atoms with E-state index in [4.69, 9.17) is 9.47 Å². The van der Waals surface area contributed by atoms with E-state index in [1.807, 2.05) is 16.8 Å². The molecule has 0 unspecified atom stereocenters. The van der Waals surface area contributed by atoms with Crippen LogP contribution in [-0.2, 0) is 11.2 Å². The van der Waals surface area contributed by atoms with Crippen molar-refractivity contribution in [1.82, 2.24) is 0 Å². The van der Waals surface area contributed by atoms with E-state index in [-0.39, 0.29) is 11.9 Å². The molecule has 2 aromatic carbocycles. The summed E-state index contributed by atoms with van der Waals surface area (Å²) >= 11 is 1.61. The molecule has 1 heterocycles. The van der Waals surface area contributed by atoms with Gasteiger partial charge in [0.05, 0.1) is 19.1 Å². The minimum absolute atomic E-state index is 0.270. The van der Waals surface area contributed by atoms with Gasteiger partial charge in [-0.3, -0.25) is 9.59 Å². The lowest BCUT2D eigenvalue weighted by Gasteiger charge is -2.10. The zero-order valence-corrected chi connectivity index (χ0v) is 15.6. The van der Waals surface area contributed by atoms with Crippen molar-refractivity contribution < 1.29 is 19.1 Å². The molecule has 1 N–H and O–H groups in total. The number of anilines is 1. The van der Waals surface area contributed by atoms with Crippen molar-refractivity contribution in [2.75, 3.05) is 12.4 Å². The van der Waals surface area contributed by atoms with Crippen LogP contribution in [0, 0.1) is 0 Å². The molecule has 0 spiro atoms. The van der Waals surface area contributed by atoms with Crippen molar-refractivity contribution >= 4 is 28.9 Å². The maximum Gasteiger partial charge on any atom is 0.311 e. The second-order valence-corrected chi connectivity index (χ2v) is 6.56. The van der Waals surface area contributed by atoms with Crippen LogP contribution in [0.4, 0.5) is 5.69 Å². The van der Waals surface area contributed by atoms with Crippen molar-refractivity contribution in [3.8, 4) is 11.5 Å². The molecule has 3 aromatic rings. The number of hydrogen-bond acceptors (Lipinski definition) is 5. The Morgan fingerprint density at radius 1 is 1.04 bits per heavy atom. The second kappa shape index (κ2) is 9.00. The molecule has 0 saturated carbocycles. The lowest BCUT2D eigenvalue weighted by atomic mass is 10.2. The van der Waals surface area contributed by atoms with Gasteiger partial charge >= 0.3 is 5.97 Å². The van der Waals surface area contributed by atoms with Crippen LogP contribution in [-0.4, -0.2) is 19.0 Å². The molecular formula is C21H19NO4S. The summed E-state index contributed by atoms with van der Waals surface area (Å²) in [7, 11) is 1.52. The maximum absolute atomic E-state index is 12.4. The SMILES string of the molecule is COc1ccccc1C(=O)Nc1ccc(OC(=O)CCc2ccsc2)cc1. The van der Waals surface area contributed by atoms with Gasteiger partial charge in [-0.05, 0) is 65.2 Å². The van der Waals surface area contributed by atoms with Gasteiger partial charge in [0.15, 0.2) is 0 Å². The third kappa shape index (κ3) is 5.18. The lowest BCUT2D eigenvalue weighted by Crippen LogP contribution is -2.13. The summed E-state index contributed by atoms with van der Waals surface area (Å²) in [6.07, 6.45) is 0.985. The fourth-order valence-corrected chi connectivity index (χ4v) is 3.20. The van der Waals surface area contributed by atoms with Crippen molar-refractivity contribution in [3.63, 3.8) is 0 Å². The Hall–Kier alpha value is -3.12. The first-order valence-corrected chi connectivity index (χ1v) is 9.36. The maximum atomic E-state index is 12.4. The van der Waals surface area contributed by atoms with Gasteiger partial charge in [-0.15, -0.1) is 0 Å². The molecule has 138 valence electrons. The topological polar surface area (TPSA) is 64.6 Å². The Labute approximate surface area is 161 Å². The standard InChI is InChI=1S/C21H19NO4S/c1-25-19-5-3-2-4-18(19)21(24)22-16-7-9-17(10-8-16)26-20(23)11-6-15-12-13-27-14-15/h2-5,7-10,12-14H,6,11H2,1H3,(H,22,24). The lowest BCUT2D eigenvalue weighted by molar-refractivity contribution is -0.134. The monoisotopic (exact) mass is 381 g/mol. The number of methoxy groups -OCH3 is 1. The molecule has 0 aliphatic heterocycles. The zero-order valence-electron chi connectivity index (χ0n) is 14.8. The van der Waals surface area contributed by atoms with Gasteiger partial charge in [-0.1, -0.05) is 12.1 Å². The summed E-state index contributed by atoms with van der Waals surface area (Å²) in [6, 6.07) is 15.7. The summed E-state index contributed by atoms with van der Waals surface area (Å²) in [5.74, 6) is 0.395. The van der Waals surface area contributed by atoms with Crippen molar-refractivity contribution in [1.29, 1.82) is 0 Å². The molecule has 27 heavy (non-hydrogen) atoms. The number of benzene rings is 2. The van der Waals surface area contributed by atoms with E-state index in [2.05, 4.69) is 5.32 Å². The zero-order chi connectivity index (χ0) is 19.1. The van der Waals surface area contributed by atoms with E-state index in [0.717, 1.165) is 5.56 Å². The molecule has 1 aromatic heterocycles. The predicted molar refractivity (Wildman–Crippen MR) is 106 cm³/mol. The number of amides is 1. The number of carbonyl (C=O) groups is 2. The van der Waals surface area contributed by atoms with Crippen molar-refractivity contribution in [2.45, 2.75) is 12.8 Å². The molecule has 1 amide bonds. The minimum atomic E-state index is -0.285. The van der Waals surface area contributed by atoms with E-state index in [1.165, 1.54) is 7.11 Å². The highest BCUT2D eigenvalue weighted by atomic mass is 32.1. The quantitative estimate of drug-likeness (QED) is 0.482. The Kier molecular flexibility index (Phi) is 6.22. The summed E-state index contributed by atoms with van der Waals surface area (Å²) in [5.41, 5.74) is 2.18. The van der Waals surface area contributed by atoms with Crippen molar-refractivity contribution in [3.05, 3.63) is 76.5 Å². The number of nitrogens with one attached hydrogen (secondary N) is 1. The van der Waals surface area contributed by atoms with Crippen LogP contribution in [0.15, 0.2) is 65.4 Å². The van der Waals surface area contributed by atoms with Crippen LogP contribution in [0.1, 0.15) is 22.3 Å². The number of esters is 1. The van der Waals surface area contributed by atoms with Crippen LogP contribution >= 0.6 is 11.3 Å². The summed E-state index contributed by atoms with van der Waals surface area (Å²) in [4.78, 5) is 24.3. The molecule has 6 heteroatoms. The Balaban J connectivity index is 1.55. The Morgan fingerprint density at radius 2 is 1.81 bits per heavy atom. The van der Waals surface area contributed by atoms with E-state index in [9.17, 15) is 9.59 Å². The first kappa shape index (κ1) is 18.7. The van der Waals surface area contributed by atoms with Gasteiger partial charge in [0, 0.05) is 5.69 Å². The average Bonchev–Trinajstić information content (AvgIpc) is 3.21. The molecule has 0 fully saturated rings. The van der Waals surface area contributed by atoms with Crippen LogP contribution in [0.5, 0.6) is 11.5 Å². The molecular weight excluding hydrogens is 362 g/mol. The fraction of sp³-hybridized carbons (Fsp3) is 0.143. The summed E-state index contributed by atoms with van der Waals surface area (Å²) < 4.78 is 10.5. The number of aryl methyl sites for hydroxylation is 1. The molecule has 0 bridgehead atoms. The molecule has 0 aliphatic carbocycles. The molecule has 5 nitrogen and oxygen atoms in total. The third-order valence-corrected chi connectivity index (χ3v) is 4.63. The highest BCUT2D eigenvalue weighted by molar-refractivity contribution is 7.07. The Morgan fingerprint density at radius 3 is 2.52 bits per heavy atom. The normalized spacial score (nSPS) is 10.3. The van der Waals surface area contributed by atoms with Gasteiger partial charge in [0.25, 0.3) is 5.91 Å². The molecule has 0 radical (unpaired) electrons. The fourth-order valence-electron chi connectivity index (χ4n) is 2.50. The summed E-state index contributed by atoms with van der Waals surface area (Å²) in [5, 5.41) is 6.80. The van der Waals surface area contributed by atoms with Crippen molar-refractivity contribution in [2.24, 2.45) is 0 Å². The number of hydrogen-bond donors (Lipinski definition) is 1. The first-order valence-electron chi connectivity index (χ1n) is 8.42. The number of ether oxygens (including phenoxy) is 2. The average molecular weight is 381 g/mol. The largest absolute Gasteiger partial charge is 0.496 e. The molecule has 0 atom stereocenters. The number of thiophene rings is 1. The smallest absolute Gasteiger partial charge is 0.311 e. The molecule has 0 saturated heterocycles. The summed E-state index contributed by atoms with van der Waals surface area (Å²) in [6.45, 7) is 0. The van der Waals surface area contributed by atoms with Gasteiger partial charge in [-0.2, -0.15) is 11.3 Å². The van der Waals surface area contributed by atoms with E-state index < -0.39 is 0 Å². The highest BCUT2D eigenvalue weighted by Gasteiger charge is 2.12. The van der Waals surface area contributed by atoms with E-state index in [1.54, 1.807) is 59.9 Å². The number of carbonyl (C=O) groups excluding carboxylic acids is 2. The van der Waals surface area contributed by atoms with Crippen LogP contribution in [0.2, 0.25) is 0 Å².